The normalized spacial score (nSPS) is 18.2. The molecule has 1 saturated heterocycles. The lowest BCUT2D eigenvalue weighted by Crippen LogP contribution is -2.38. The Kier molecular flexibility index (Phi) is 5.03. The van der Waals surface area contributed by atoms with Crippen molar-refractivity contribution in [2.24, 2.45) is 5.92 Å². The van der Waals surface area contributed by atoms with E-state index in [-0.39, 0.29) is 11.8 Å². The molecule has 0 aromatic heterocycles. The van der Waals surface area contributed by atoms with E-state index in [1.54, 1.807) is 0 Å². The second-order valence-electron chi connectivity index (χ2n) is 8.48. The van der Waals surface area contributed by atoms with Gasteiger partial charge in [0.15, 0.2) is 0 Å². The Hall–Kier alpha value is -2.88. The van der Waals surface area contributed by atoms with Gasteiger partial charge in [-0.3, -0.25) is 9.59 Å². The minimum atomic E-state index is -0.225. The Morgan fingerprint density at radius 3 is 2.24 bits per heavy atom. The van der Waals surface area contributed by atoms with Crippen LogP contribution in [0.25, 0.3) is 5.57 Å². The van der Waals surface area contributed by atoms with E-state index in [4.69, 9.17) is 0 Å². The van der Waals surface area contributed by atoms with Gasteiger partial charge in [-0.25, -0.2) is 4.90 Å². The Morgan fingerprint density at radius 1 is 0.862 bits per heavy atom. The number of hydrogen-bond donors (Lipinski definition) is 0. The Balaban J connectivity index is 1.83. The average Bonchev–Trinajstić information content (AvgIpc) is 2.95. The van der Waals surface area contributed by atoms with Crippen molar-refractivity contribution in [3.8, 4) is 0 Å². The van der Waals surface area contributed by atoms with Crippen LogP contribution in [-0.2, 0) is 9.59 Å². The van der Waals surface area contributed by atoms with Gasteiger partial charge in [0.2, 0.25) is 0 Å². The molecule has 2 aliphatic heterocycles. The fraction of sp³-hybridized carbons (Fsp3) is 0.360. The molecule has 2 amide bonds. The molecule has 0 N–H and O–H groups in total. The van der Waals surface area contributed by atoms with Crippen LogP contribution in [0.4, 0.5) is 5.69 Å². The summed E-state index contributed by atoms with van der Waals surface area (Å²) in [6, 6.07) is 13.6. The number of rotatable bonds is 3. The number of piperidine rings is 1. The standard InChI is InChI=1S/C25H28N2O2/c1-16-10-12-26(13-11-16)23-22(20-9-8-18(3)19(4)15-20)24(28)27(25(23)29)21-7-5-6-17(2)14-21/h5-9,14-16H,10-13H2,1-4H3. The predicted octanol–water partition coefficient (Wildman–Crippen LogP) is 4.63. The lowest BCUT2D eigenvalue weighted by molar-refractivity contribution is -0.120. The third-order valence-electron chi connectivity index (χ3n) is 6.21. The molecule has 29 heavy (non-hydrogen) atoms. The molecule has 2 heterocycles. The summed E-state index contributed by atoms with van der Waals surface area (Å²) >= 11 is 0. The zero-order chi connectivity index (χ0) is 20.7. The van der Waals surface area contributed by atoms with Crippen molar-refractivity contribution in [2.45, 2.75) is 40.5 Å². The number of nitrogens with zero attached hydrogens (tertiary/aromatic N) is 2. The average molecular weight is 389 g/mol. The van der Waals surface area contributed by atoms with Crippen LogP contribution in [0, 0.1) is 26.7 Å². The molecule has 0 unspecified atom stereocenters. The number of carbonyl (C=O) groups excluding carboxylic acids is 2. The van der Waals surface area contributed by atoms with Gasteiger partial charge in [-0.1, -0.05) is 37.3 Å². The Morgan fingerprint density at radius 2 is 1.59 bits per heavy atom. The zero-order valence-corrected chi connectivity index (χ0v) is 17.7. The highest BCUT2D eigenvalue weighted by atomic mass is 16.2. The summed E-state index contributed by atoms with van der Waals surface area (Å²) in [6.07, 6.45) is 2.07. The van der Waals surface area contributed by atoms with Gasteiger partial charge in [-0.15, -0.1) is 0 Å². The Labute approximate surface area is 172 Å². The van der Waals surface area contributed by atoms with Gasteiger partial charge in [0.25, 0.3) is 11.8 Å². The maximum atomic E-state index is 13.6. The molecule has 0 aliphatic carbocycles. The summed E-state index contributed by atoms with van der Waals surface area (Å²) in [7, 11) is 0. The molecule has 2 aromatic rings. The van der Waals surface area contributed by atoms with Gasteiger partial charge in [-0.2, -0.15) is 0 Å². The first-order valence-corrected chi connectivity index (χ1v) is 10.4. The van der Waals surface area contributed by atoms with E-state index in [0.29, 0.717) is 22.9 Å². The van der Waals surface area contributed by atoms with E-state index in [0.717, 1.165) is 42.6 Å². The van der Waals surface area contributed by atoms with Crippen LogP contribution in [0.5, 0.6) is 0 Å². The van der Waals surface area contributed by atoms with Crippen LogP contribution in [0.2, 0.25) is 0 Å². The molecule has 4 nitrogen and oxygen atoms in total. The fourth-order valence-electron chi connectivity index (χ4n) is 4.20. The summed E-state index contributed by atoms with van der Waals surface area (Å²) in [5.74, 6) is 0.220. The topological polar surface area (TPSA) is 40.6 Å². The summed E-state index contributed by atoms with van der Waals surface area (Å²) in [5.41, 5.74) is 5.89. The highest BCUT2D eigenvalue weighted by Gasteiger charge is 2.43. The molecule has 0 bridgehead atoms. The van der Waals surface area contributed by atoms with Crippen LogP contribution >= 0.6 is 0 Å². The number of amides is 2. The first-order chi connectivity index (χ1) is 13.9. The molecule has 2 aliphatic rings. The number of carbonyl (C=O) groups is 2. The summed E-state index contributed by atoms with van der Waals surface area (Å²) in [4.78, 5) is 30.6. The quantitative estimate of drug-likeness (QED) is 0.720. The molecular weight excluding hydrogens is 360 g/mol. The van der Waals surface area contributed by atoms with Crippen LogP contribution in [0.1, 0.15) is 42.0 Å². The van der Waals surface area contributed by atoms with E-state index in [2.05, 4.69) is 18.7 Å². The van der Waals surface area contributed by atoms with Crippen molar-refractivity contribution in [3.63, 3.8) is 0 Å². The molecular formula is C25H28N2O2. The molecule has 0 saturated carbocycles. The van der Waals surface area contributed by atoms with Crippen molar-refractivity contribution in [3.05, 3.63) is 70.4 Å². The molecule has 1 fully saturated rings. The first kappa shape index (κ1) is 19.4. The second-order valence-corrected chi connectivity index (χ2v) is 8.48. The third-order valence-corrected chi connectivity index (χ3v) is 6.21. The first-order valence-electron chi connectivity index (χ1n) is 10.4. The minimum absolute atomic E-state index is 0.205. The fourth-order valence-corrected chi connectivity index (χ4v) is 4.20. The van der Waals surface area contributed by atoms with Crippen molar-refractivity contribution < 1.29 is 9.59 Å². The van der Waals surface area contributed by atoms with Gasteiger partial charge in [0, 0.05) is 13.1 Å². The van der Waals surface area contributed by atoms with E-state index < -0.39 is 0 Å². The number of anilines is 1. The zero-order valence-electron chi connectivity index (χ0n) is 17.7. The van der Waals surface area contributed by atoms with Gasteiger partial charge in [0.1, 0.15) is 5.70 Å². The SMILES string of the molecule is Cc1cccc(N2C(=O)C(c3ccc(C)c(C)c3)=C(N3CCC(C)CC3)C2=O)c1. The van der Waals surface area contributed by atoms with Crippen molar-refractivity contribution in [2.75, 3.05) is 18.0 Å². The maximum Gasteiger partial charge on any atom is 0.282 e. The van der Waals surface area contributed by atoms with Gasteiger partial charge >= 0.3 is 0 Å². The van der Waals surface area contributed by atoms with Crippen LogP contribution in [-0.4, -0.2) is 29.8 Å². The maximum absolute atomic E-state index is 13.6. The number of likely N-dealkylation sites (tertiary alicyclic amines) is 1. The third kappa shape index (κ3) is 3.48. The highest BCUT2D eigenvalue weighted by Crippen LogP contribution is 2.37. The van der Waals surface area contributed by atoms with Crippen LogP contribution < -0.4 is 4.90 Å². The van der Waals surface area contributed by atoms with Gasteiger partial charge in [-0.05, 0) is 73.9 Å². The molecule has 150 valence electrons. The number of imide groups is 1. The minimum Gasteiger partial charge on any atom is -0.366 e. The molecule has 4 rings (SSSR count). The Bertz CT molecular complexity index is 1010. The molecule has 0 spiro atoms. The lowest BCUT2D eigenvalue weighted by atomic mass is 9.96. The van der Waals surface area contributed by atoms with E-state index in [9.17, 15) is 9.59 Å². The number of aryl methyl sites for hydroxylation is 3. The smallest absolute Gasteiger partial charge is 0.282 e. The number of hydrogen-bond acceptors (Lipinski definition) is 3. The van der Waals surface area contributed by atoms with Gasteiger partial charge < -0.3 is 4.90 Å². The van der Waals surface area contributed by atoms with Crippen LogP contribution in [0.15, 0.2) is 48.2 Å². The largest absolute Gasteiger partial charge is 0.366 e. The van der Waals surface area contributed by atoms with E-state index in [1.165, 1.54) is 10.5 Å². The van der Waals surface area contributed by atoms with Crippen molar-refractivity contribution in [1.82, 2.24) is 4.90 Å². The monoisotopic (exact) mass is 388 g/mol. The molecule has 2 aromatic carbocycles. The molecule has 4 heteroatoms. The molecule has 0 atom stereocenters. The summed E-state index contributed by atoms with van der Waals surface area (Å²) in [6.45, 7) is 9.94. The number of benzene rings is 2. The van der Waals surface area contributed by atoms with Crippen molar-refractivity contribution >= 4 is 23.1 Å². The summed E-state index contributed by atoms with van der Waals surface area (Å²) in [5, 5.41) is 0. The van der Waals surface area contributed by atoms with E-state index in [1.807, 2.05) is 56.3 Å². The molecule has 0 radical (unpaired) electrons. The summed E-state index contributed by atoms with van der Waals surface area (Å²) < 4.78 is 0. The second kappa shape index (κ2) is 7.51. The lowest BCUT2D eigenvalue weighted by Gasteiger charge is -2.32. The van der Waals surface area contributed by atoms with E-state index >= 15 is 0 Å². The van der Waals surface area contributed by atoms with Crippen molar-refractivity contribution in [1.29, 1.82) is 0 Å². The highest BCUT2D eigenvalue weighted by molar-refractivity contribution is 6.45. The predicted molar refractivity (Wildman–Crippen MR) is 116 cm³/mol. The van der Waals surface area contributed by atoms with Crippen LogP contribution in [0.3, 0.4) is 0 Å². The van der Waals surface area contributed by atoms with Gasteiger partial charge in [0.05, 0.1) is 11.3 Å².